The molecule has 0 radical (unpaired) electrons. The smallest absolute Gasteiger partial charge is 0.373 e. The Labute approximate surface area is 99.2 Å². The van der Waals surface area contributed by atoms with Gasteiger partial charge in [-0.05, 0) is 5.04 Å². The highest BCUT2D eigenvalue weighted by Crippen LogP contribution is 2.21. The van der Waals surface area contributed by atoms with Gasteiger partial charge in [0.2, 0.25) is 15.5 Å². The van der Waals surface area contributed by atoms with Crippen molar-refractivity contribution < 1.29 is 18.7 Å². The van der Waals surface area contributed by atoms with E-state index < -0.39 is 15.7 Å². The van der Waals surface area contributed by atoms with Gasteiger partial charge in [-0.3, -0.25) is 0 Å². The summed E-state index contributed by atoms with van der Waals surface area (Å²) < 4.78 is 14.9. The summed E-state index contributed by atoms with van der Waals surface area (Å²) >= 11 is 0. The fourth-order valence-corrected chi connectivity index (χ4v) is 1.50. The molecular weight excluding hydrogens is 224 g/mol. The van der Waals surface area contributed by atoms with Crippen LogP contribution in [0, 0.1) is 0 Å². The van der Waals surface area contributed by atoms with Gasteiger partial charge in [-0.2, -0.15) is 0 Å². The molecule has 0 bridgehead atoms. The van der Waals surface area contributed by atoms with Gasteiger partial charge in [0, 0.05) is 6.08 Å². The third kappa shape index (κ3) is 6.29. The van der Waals surface area contributed by atoms with Crippen LogP contribution < -0.4 is 0 Å². The van der Waals surface area contributed by atoms with Crippen LogP contribution in [0.1, 0.15) is 20.8 Å². The molecule has 0 aliphatic rings. The van der Waals surface area contributed by atoms with E-state index in [1.807, 2.05) is 0 Å². The monoisotopic (exact) mass is 244 g/mol. The maximum Gasteiger partial charge on any atom is 0.373 e. The third-order valence-electron chi connectivity index (χ3n) is 1.59. The second kappa shape index (κ2) is 6.37. The van der Waals surface area contributed by atoms with Crippen molar-refractivity contribution in [2.24, 2.45) is 0 Å². The van der Waals surface area contributed by atoms with Crippen molar-refractivity contribution in [1.29, 1.82) is 0 Å². The van der Waals surface area contributed by atoms with Gasteiger partial charge in [0.05, 0.1) is 20.0 Å². The molecule has 0 aromatic rings. The van der Waals surface area contributed by atoms with Crippen LogP contribution in [-0.4, -0.2) is 30.0 Å². The molecule has 0 fully saturated rings. The molecule has 0 saturated heterocycles. The molecule has 0 aromatic heterocycles. The largest absolute Gasteiger partial charge is 0.549 e. The molecule has 0 rings (SSSR count). The maximum absolute atomic E-state index is 11.2. The van der Waals surface area contributed by atoms with Gasteiger partial charge >= 0.3 is 5.97 Å². The van der Waals surface area contributed by atoms with Crippen molar-refractivity contribution in [1.82, 2.24) is 0 Å². The molecule has 0 N–H and O–H groups in total. The molecule has 92 valence electrons. The number of hydrogen-bond acceptors (Lipinski definition) is 4. The molecule has 0 saturated carbocycles. The van der Waals surface area contributed by atoms with Crippen molar-refractivity contribution in [3.63, 3.8) is 0 Å². The van der Waals surface area contributed by atoms with Crippen molar-refractivity contribution in [3.05, 3.63) is 24.2 Å². The highest BCUT2D eigenvalue weighted by molar-refractivity contribution is 6.32. The Morgan fingerprint density at radius 2 is 1.81 bits per heavy atom. The first kappa shape index (κ1) is 14.8. The van der Waals surface area contributed by atoms with E-state index in [9.17, 15) is 4.79 Å². The minimum Gasteiger partial charge on any atom is -0.549 e. The minimum absolute atomic E-state index is 0.0930. The minimum atomic E-state index is -0.731. The van der Waals surface area contributed by atoms with Crippen LogP contribution in [0.15, 0.2) is 24.2 Å². The zero-order chi connectivity index (χ0) is 12.8. The fraction of sp³-hybridized carbons (Fsp3) is 0.545. The Hall–Kier alpha value is -1.23. The van der Waals surface area contributed by atoms with Crippen LogP contribution in [0.4, 0.5) is 0 Å². The molecular formula is C11H20O4Si. The number of ether oxygens (including phenoxy) is 2. The quantitative estimate of drug-likeness (QED) is 0.242. The Kier molecular flexibility index (Phi) is 5.88. The Bertz CT molecular complexity index is 289. The average molecular weight is 244 g/mol. The highest BCUT2D eigenvalue weighted by atomic mass is 28.2. The summed E-state index contributed by atoms with van der Waals surface area (Å²) in [5.41, 5.74) is 0. The van der Waals surface area contributed by atoms with E-state index in [-0.39, 0.29) is 10.8 Å². The predicted molar refractivity (Wildman–Crippen MR) is 65.6 cm³/mol. The molecule has 0 amide bonds. The van der Waals surface area contributed by atoms with Crippen molar-refractivity contribution >= 4 is 15.7 Å². The van der Waals surface area contributed by atoms with E-state index in [0.717, 1.165) is 0 Å². The summed E-state index contributed by atoms with van der Waals surface area (Å²) in [6.07, 6.45) is 1.45. The zero-order valence-corrected chi connectivity index (χ0v) is 12.0. The molecule has 0 spiro atoms. The van der Waals surface area contributed by atoms with E-state index in [1.54, 1.807) is 0 Å². The van der Waals surface area contributed by atoms with Crippen molar-refractivity contribution in [2.75, 3.05) is 14.2 Å². The lowest BCUT2D eigenvalue weighted by Crippen LogP contribution is -2.12. The van der Waals surface area contributed by atoms with E-state index in [4.69, 9.17) is 9.16 Å². The standard InChI is InChI=1S/C11H20O4Si/c1-8(15-16-11(2,3)4)7-9(13-5)10(12)14-6/h7H,1,16H2,2-6H3/b9-7-. The first-order chi connectivity index (χ1) is 7.30. The Balaban J connectivity index is 4.39. The average Bonchev–Trinajstić information content (AvgIpc) is 2.21. The number of rotatable bonds is 5. The lowest BCUT2D eigenvalue weighted by atomic mass is 10.3. The molecule has 0 unspecified atom stereocenters. The third-order valence-corrected chi connectivity index (χ3v) is 2.97. The van der Waals surface area contributed by atoms with E-state index in [2.05, 4.69) is 32.1 Å². The molecule has 0 atom stereocenters. The van der Waals surface area contributed by atoms with E-state index in [0.29, 0.717) is 5.76 Å². The Morgan fingerprint density at radius 3 is 2.19 bits per heavy atom. The molecule has 0 heterocycles. The number of allylic oxidation sites excluding steroid dienone is 1. The van der Waals surface area contributed by atoms with Gasteiger partial charge in [-0.25, -0.2) is 4.79 Å². The van der Waals surface area contributed by atoms with Gasteiger partial charge in [0.15, 0.2) is 0 Å². The summed E-state index contributed by atoms with van der Waals surface area (Å²) in [7, 11) is 1.96. The summed E-state index contributed by atoms with van der Waals surface area (Å²) in [5, 5.41) is 0.176. The molecule has 5 heteroatoms. The summed E-state index contributed by atoms with van der Waals surface area (Å²) in [6, 6.07) is 0. The van der Waals surface area contributed by atoms with Crippen LogP contribution in [0.3, 0.4) is 0 Å². The van der Waals surface area contributed by atoms with E-state index in [1.165, 1.54) is 20.3 Å². The molecule has 0 aliphatic heterocycles. The topological polar surface area (TPSA) is 44.8 Å². The van der Waals surface area contributed by atoms with Gasteiger partial charge in [-0.1, -0.05) is 27.4 Å². The van der Waals surface area contributed by atoms with Crippen LogP contribution in [0.5, 0.6) is 0 Å². The summed E-state index contributed by atoms with van der Waals surface area (Å²) in [4.78, 5) is 11.2. The number of carbonyl (C=O) groups is 1. The Morgan fingerprint density at radius 1 is 1.25 bits per heavy atom. The van der Waals surface area contributed by atoms with Gasteiger partial charge < -0.3 is 13.9 Å². The number of carbonyl (C=O) groups excluding carboxylic acids is 1. The second-order valence-corrected chi connectivity index (χ2v) is 7.22. The lowest BCUT2D eigenvalue weighted by Gasteiger charge is -2.18. The molecule has 16 heavy (non-hydrogen) atoms. The summed E-state index contributed by atoms with van der Waals surface area (Å²) in [5.74, 6) is -0.0103. The second-order valence-electron chi connectivity index (χ2n) is 4.52. The van der Waals surface area contributed by atoms with Crippen molar-refractivity contribution in [3.8, 4) is 0 Å². The molecule has 0 aromatic carbocycles. The van der Waals surface area contributed by atoms with Gasteiger partial charge in [-0.15, -0.1) is 0 Å². The SMILES string of the molecule is C=C(/C=C(\OC)C(=O)OC)O[SiH2]C(C)(C)C. The van der Waals surface area contributed by atoms with Crippen LogP contribution in [-0.2, 0) is 18.7 Å². The normalized spacial score (nSPS) is 12.7. The van der Waals surface area contributed by atoms with Crippen LogP contribution in [0.2, 0.25) is 5.04 Å². The van der Waals surface area contributed by atoms with Crippen molar-refractivity contribution in [2.45, 2.75) is 25.8 Å². The maximum atomic E-state index is 11.2. The van der Waals surface area contributed by atoms with Crippen LogP contribution in [0.25, 0.3) is 0 Å². The number of methoxy groups -OCH3 is 2. The van der Waals surface area contributed by atoms with Gasteiger partial charge in [0.1, 0.15) is 0 Å². The molecule has 0 aliphatic carbocycles. The predicted octanol–water partition coefficient (Wildman–Crippen LogP) is 1.52. The first-order valence-electron chi connectivity index (χ1n) is 4.96. The lowest BCUT2D eigenvalue weighted by molar-refractivity contribution is -0.139. The highest BCUT2D eigenvalue weighted by Gasteiger charge is 2.14. The molecule has 4 nitrogen and oxygen atoms in total. The summed E-state index contributed by atoms with van der Waals surface area (Å²) in [6.45, 7) is 10.0. The fourth-order valence-electron chi connectivity index (χ4n) is 0.799. The first-order valence-corrected chi connectivity index (χ1v) is 6.24. The zero-order valence-electron chi connectivity index (χ0n) is 10.6. The number of hydrogen-bond donors (Lipinski definition) is 0. The number of esters is 1. The van der Waals surface area contributed by atoms with E-state index >= 15 is 0 Å². The van der Waals surface area contributed by atoms with Crippen LogP contribution >= 0.6 is 0 Å². The van der Waals surface area contributed by atoms with Gasteiger partial charge in [0.25, 0.3) is 0 Å².